The molecule has 0 radical (unpaired) electrons. The molecule has 0 atom stereocenters. The number of methoxy groups -OCH3 is 1. The van der Waals surface area contributed by atoms with E-state index in [1.54, 1.807) is 21.0 Å². The number of ether oxygens (including phenoxy) is 1. The van der Waals surface area contributed by atoms with E-state index in [1.165, 1.54) is 0 Å². The van der Waals surface area contributed by atoms with E-state index >= 15 is 0 Å². The van der Waals surface area contributed by atoms with Crippen molar-refractivity contribution in [2.24, 2.45) is 5.41 Å². The summed E-state index contributed by atoms with van der Waals surface area (Å²) in [7, 11) is 1.54. The third-order valence-electron chi connectivity index (χ3n) is 1.50. The van der Waals surface area contributed by atoms with Crippen molar-refractivity contribution in [1.29, 1.82) is 5.26 Å². The first-order chi connectivity index (χ1) is 5.04. The standard InChI is InChI=1S/C8H13NO2/c1-8(2,6-11-3)7(10)4-5-9/h4,6H2,1-3H3. The van der Waals surface area contributed by atoms with Gasteiger partial charge in [0.2, 0.25) is 0 Å². The molecule has 0 rings (SSSR count). The number of carbonyl (C=O) groups excluding carboxylic acids is 1. The van der Waals surface area contributed by atoms with Crippen LogP contribution in [0.4, 0.5) is 0 Å². The first kappa shape index (κ1) is 10.1. The second-order valence-corrected chi connectivity index (χ2v) is 3.07. The maximum atomic E-state index is 11.2. The van der Waals surface area contributed by atoms with Crippen LogP contribution >= 0.6 is 0 Å². The minimum atomic E-state index is -0.523. The van der Waals surface area contributed by atoms with Gasteiger partial charge in [-0.2, -0.15) is 5.26 Å². The summed E-state index contributed by atoms with van der Waals surface area (Å²) in [5, 5.41) is 8.26. The molecule has 0 aliphatic rings. The third-order valence-corrected chi connectivity index (χ3v) is 1.50. The molecular weight excluding hydrogens is 142 g/mol. The van der Waals surface area contributed by atoms with Crippen molar-refractivity contribution in [2.45, 2.75) is 20.3 Å². The maximum Gasteiger partial charge on any atom is 0.154 e. The van der Waals surface area contributed by atoms with Gasteiger partial charge in [-0.25, -0.2) is 0 Å². The Hall–Kier alpha value is -0.880. The van der Waals surface area contributed by atoms with Gasteiger partial charge in [0.1, 0.15) is 0 Å². The van der Waals surface area contributed by atoms with Crippen molar-refractivity contribution in [3.8, 4) is 6.07 Å². The average Bonchev–Trinajstić information content (AvgIpc) is 1.88. The molecule has 0 aromatic rings. The van der Waals surface area contributed by atoms with Crippen LogP contribution in [0, 0.1) is 16.7 Å². The molecule has 0 N–H and O–H groups in total. The molecule has 0 spiro atoms. The highest BCUT2D eigenvalue weighted by Gasteiger charge is 2.26. The largest absolute Gasteiger partial charge is 0.384 e. The third kappa shape index (κ3) is 3.15. The van der Waals surface area contributed by atoms with Gasteiger partial charge in [0, 0.05) is 12.5 Å². The molecule has 62 valence electrons. The Morgan fingerprint density at radius 1 is 1.64 bits per heavy atom. The number of nitriles is 1. The summed E-state index contributed by atoms with van der Waals surface area (Å²) in [6, 6.07) is 1.83. The summed E-state index contributed by atoms with van der Waals surface area (Å²) in [6.45, 7) is 3.92. The summed E-state index contributed by atoms with van der Waals surface area (Å²) in [5.41, 5.74) is -0.523. The highest BCUT2D eigenvalue weighted by atomic mass is 16.5. The first-order valence-corrected chi connectivity index (χ1v) is 3.44. The Morgan fingerprint density at radius 2 is 2.18 bits per heavy atom. The van der Waals surface area contributed by atoms with E-state index in [0.29, 0.717) is 6.61 Å². The zero-order chi connectivity index (χ0) is 8.91. The topological polar surface area (TPSA) is 50.1 Å². The van der Waals surface area contributed by atoms with E-state index in [0.717, 1.165) is 0 Å². The summed E-state index contributed by atoms with van der Waals surface area (Å²) < 4.78 is 4.84. The molecule has 0 aromatic carbocycles. The minimum absolute atomic E-state index is 0.0314. The van der Waals surface area contributed by atoms with Crippen LogP contribution in [-0.2, 0) is 9.53 Å². The molecule has 3 nitrogen and oxygen atoms in total. The van der Waals surface area contributed by atoms with Crippen LogP contribution in [0.15, 0.2) is 0 Å². The smallest absolute Gasteiger partial charge is 0.154 e. The number of carbonyl (C=O) groups is 1. The fraction of sp³-hybridized carbons (Fsp3) is 0.750. The van der Waals surface area contributed by atoms with Gasteiger partial charge in [0.15, 0.2) is 5.78 Å². The van der Waals surface area contributed by atoms with Gasteiger partial charge in [-0.3, -0.25) is 4.79 Å². The molecule has 11 heavy (non-hydrogen) atoms. The lowest BCUT2D eigenvalue weighted by Gasteiger charge is -2.19. The van der Waals surface area contributed by atoms with Crippen LogP contribution in [0.5, 0.6) is 0 Å². The predicted octanol–water partition coefficient (Wildman–Crippen LogP) is 1.14. The Bertz CT molecular complexity index is 179. The Morgan fingerprint density at radius 3 is 2.55 bits per heavy atom. The van der Waals surface area contributed by atoms with Crippen LogP contribution in [0.25, 0.3) is 0 Å². The van der Waals surface area contributed by atoms with Gasteiger partial charge in [0.05, 0.1) is 19.1 Å². The molecule has 0 aliphatic carbocycles. The molecule has 3 heteroatoms. The maximum absolute atomic E-state index is 11.2. The quantitative estimate of drug-likeness (QED) is 0.611. The van der Waals surface area contributed by atoms with E-state index in [2.05, 4.69) is 0 Å². The second-order valence-electron chi connectivity index (χ2n) is 3.07. The van der Waals surface area contributed by atoms with Crippen molar-refractivity contribution in [3.05, 3.63) is 0 Å². The van der Waals surface area contributed by atoms with Crippen molar-refractivity contribution < 1.29 is 9.53 Å². The molecular formula is C8H13NO2. The number of ketones is 1. The lowest BCUT2D eigenvalue weighted by Crippen LogP contribution is -2.28. The van der Waals surface area contributed by atoms with Gasteiger partial charge in [0.25, 0.3) is 0 Å². The van der Waals surface area contributed by atoms with Gasteiger partial charge < -0.3 is 4.74 Å². The summed E-state index contributed by atoms with van der Waals surface area (Å²) in [6.07, 6.45) is -0.0314. The SMILES string of the molecule is COCC(C)(C)C(=O)CC#N. The van der Waals surface area contributed by atoms with Gasteiger partial charge in [-0.15, -0.1) is 0 Å². The number of Topliss-reactive ketones (excluding diaryl/α,β-unsaturated/α-hetero) is 1. The monoisotopic (exact) mass is 155 g/mol. The van der Waals surface area contributed by atoms with Crippen LogP contribution in [-0.4, -0.2) is 19.5 Å². The van der Waals surface area contributed by atoms with Crippen molar-refractivity contribution in [3.63, 3.8) is 0 Å². The van der Waals surface area contributed by atoms with Gasteiger partial charge in [-0.1, -0.05) is 13.8 Å². The molecule has 0 bridgehead atoms. The van der Waals surface area contributed by atoms with E-state index in [-0.39, 0.29) is 12.2 Å². The zero-order valence-electron chi connectivity index (χ0n) is 7.18. The molecule has 0 saturated heterocycles. The normalized spacial score (nSPS) is 10.7. The molecule has 0 saturated carbocycles. The van der Waals surface area contributed by atoms with Crippen molar-refractivity contribution in [2.75, 3.05) is 13.7 Å². The molecule has 0 heterocycles. The van der Waals surface area contributed by atoms with Gasteiger partial charge >= 0.3 is 0 Å². The fourth-order valence-corrected chi connectivity index (χ4v) is 0.752. The lowest BCUT2D eigenvalue weighted by molar-refractivity contribution is -0.128. The number of hydrogen-bond acceptors (Lipinski definition) is 3. The summed E-state index contributed by atoms with van der Waals surface area (Å²) in [4.78, 5) is 11.2. The molecule has 0 fully saturated rings. The average molecular weight is 155 g/mol. The Labute approximate surface area is 67.0 Å². The van der Waals surface area contributed by atoms with Crippen LogP contribution in [0.1, 0.15) is 20.3 Å². The molecule has 0 amide bonds. The Balaban J connectivity index is 4.08. The summed E-state index contributed by atoms with van der Waals surface area (Å²) in [5.74, 6) is -0.0677. The van der Waals surface area contributed by atoms with E-state index < -0.39 is 5.41 Å². The highest BCUT2D eigenvalue weighted by molar-refractivity contribution is 5.85. The van der Waals surface area contributed by atoms with E-state index in [9.17, 15) is 4.79 Å². The number of hydrogen-bond donors (Lipinski definition) is 0. The predicted molar refractivity (Wildman–Crippen MR) is 40.9 cm³/mol. The zero-order valence-corrected chi connectivity index (χ0v) is 7.18. The molecule has 0 aliphatic heterocycles. The number of nitrogens with zero attached hydrogens (tertiary/aromatic N) is 1. The Kier molecular flexibility index (Phi) is 3.77. The van der Waals surface area contributed by atoms with Crippen molar-refractivity contribution >= 4 is 5.78 Å². The highest BCUT2D eigenvalue weighted by Crippen LogP contribution is 2.17. The van der Waals surface area contributed by atoms with Crippen LogP contribution < -0.4 is 0 Å². The van der Waals surface area contributed by atoms with E-state index in [1.807, 2.05) is 6.07 Å². The van der Waals surface area contributed by atoms with E-state index in [4.69, 9.17) is 10.00 Å². The van der Waals surface area contributed by atoms with Crippen molar-refractivity contribution in [1.82, 2.24) is 0 Å². The molecule has 0 aromatic heterocycles. The number of rotatable bonds is 4. The van der Waals surface area contributed by atoms with Crippen LogP contribution in [0.3, 0.4) is 0 Å². The van der Waals surface area contributed by atoms with Crippen LogP contribution in [0.2, 0.25) is 0 Å². The minimum Gasteiger partial charge on any atom is -0.384 e. The first-order valence-electron chi connectivity index (χ1n) is 3.44. The second kappa shape index (κ2) is 4.09. The lowest BCUT2D eigenvalue weighted by atomic mass is 9.88. The fourth-order valence-electron chi connectivity index (χ4n) is 0.752. The molecule has 0 unspecified atom stereocenters. The summed E-state index contributed by atoms with van der Waals surface area (Å²) >= 11 is 0. The van der Waals surface area contributed by atoms with Gasteiger partial charge in [-0.05, 0) is 0 Å².